The zero-order valence-corrected chi connectivity index (χ0v) is 11.6. The summed E-state index contributed by atoms with van der Waals surface area (Å²) < 4.78 is 9.96. The van der Waals surface area contributed by atoms with E-state index in [4.69, 9.17) is 9.47 Å². The molecule has 1 aromatic rings. The number of hydrogen-bond donors (Lipinski definition) is 2. The molecule has 0 bridgehead atoms. The molecule has 7 nitrogen and oxygen atoms in total. The average Bonchev–Trinajstić information content (AvgIpc) is 2.43. The van der Waals surface area contributed by atoms with Gasteiger partial charge in [-0.15, -0.1) is 0 Å². The van der Waals surface area contributed by atoms with Gasteiger partial charge in [-0.3, -0.25) is 9.59 Å². The van der Waals surface area contributed by atoms with E-state index in [9.17, 15) is 9.59 Å². The molecule has 2 amide bonds. The van der Waals surface area contributed by atoms with Crippen molar-refractivity contribution < 1.29 is 19.1 Å². The predicted molar refractivity (Wildman–Crippen MR) is 74.5 cm³/mol. The van der Waals surface area contributed by atoms with Crippen LogP contribution in [-0.2, 0) is 19.1 Å². The maximum atomic E-state index is 11.5. The van der Waals surface area contributed by atoms with Crippen LogP contribution >= 0.6 is 0 Å². The number of rotatable bonds is 8. The number of hydrogen-bond acceptors (Lipinski definition) is 5. The first-order chi connectivity index (χ1) is 9.65. The molecule has 0 radical (unpaired) electrons. The maximum absolute atomic E-state index is 11.5. The first-order valence-electron chi connectivity index (χ1n) is 6.38. The molecule has 7 heteroatoms. The molecule has 0 aromatic carbocycles. The van der Waals surface area contributed by atoms with Gasteiger partial charge in [0.05, 0.1) is 0 Å². The monoisotopic (exact) mass is 281 g/mol. The minimum atomic E-state index is -0.294. The number of amides is 2. The Balaban J connectivity index is 2.52. The summed E-state index contributed by atoms with van der Waals surface area (Å²) in [6.45, 7) is 4.49. The molecule has 2 N–H and O–H groups in total. The van der Waals surface area contributed by atoms with Crippen molar-refractivity contribution in [2.45, 2.75) is 13.8 Å². The summed E-state index contributed by atoms with van der Waals surface area (Å²) in [6.07, 6.45) is 0. The highest BCUT2D eigenvalue weighted by atomic mass is 16.5. The molecule has 20 heavy (non-hydrogen) atoms. The van der Waals surface area contributed by atoms with E-state index < -0.39 is 0 Å². The Bertz CT molecular complexity index is 414. The molecule has 0 aliphatic rings. The average molecular weight is 281 g/mol. The summed E-state index contributed by atoms with van der Waals surface area (Å²) in [4.78, 5) is 27.0. The molecule has 0 aliphatic carbocycles. The Hall–Kier alpha value is -1.99. The first-order valence-corrected chi connectivity index (χ1v) is 6.38. The number of carbonyl (C=O) groups is 2. The van der Waals surface area contributed by atoms with E-state index in [1.54, 1.807) is 32.0 Å². The second-order valence-electron chi connectivity index (χ2n) is 3.78. The summed E-state index contributed by atoms with van der Waals surface area (Å²) in [5.74, 6) is 0.113. The van der Waals surface area contributed by atoms with Gasteiger partial charge in [0.1, 0.15) is 24.8 Å². The van der Waals surface area contributed by atoms with E-state index in [0.717, 1.165) is 0 Å². The third-order valence-electron chi connectivity index (χ3n) is 2.16. The summed E-state index contributed by atoms with van der Waals surface area (Å²) in [5, 5.41) is 5.15. The van der Waals surface area contributed by atoms with E-state index in [-0.39, 0.29) is 25.0 Å². The van der Waals surface area contributed by atoms with Gasteiger partial charge in [-0.05, 0) is 26.0 Å². The van der Waals surface area contributed by atoms with Gasteiger partial charge in [-0.2, -0.15) is 0 Å². The summed E-state index contributed by atoms with van der Waals surface area (Å²) >= 11 is 0. The highest BCUT2D eigenvalue weighted by Crippen LogP contribution is 2.09. The molecular weight excluding hydrogens is 262 g/mol. The molecule has 0 fully saturated rings. The second kappa shape index (κ2) is 9.00. The van der Waals surface area contributed by atoms with Crippen LogP contribution in [0.3, 0.4) is 0 Å². The second-order valence-corrected chi connectivity index (χ2v) is 3.78. The molecule has 1 rings (SSSR count). The lowest BCUT2D eigenvalue weighted by molar-refractivity contribution is -0.121. The fourth-order valence-electron chi connectivity index (χ4n) is 1.32. The van der Waals surface area contributed by atoms with Gasteiger partial charge in [-0.25, -0.2) is 4.98 Å². The Morgan fingerprint density at radius 1 is 1.00 bits per heavy atom. The van der Waals surface area contributed by atoms with Crippen molar-refractivity contribution >= 4 is 23.5 Å². The first kappa shape index (κ1) is 16.1. The molecule has 0 atom stereocenters. The number of nitrogens with one attached hydrogen (secondary N) is 2. The predicted octanol–water partition coefficient (Wildman–Crippen LogP) is 1.03. The van der Waals surface area contributed by atoms with Crippen molar-refractivity contribution in [1.82, 2.24) is 4.98 Å². The molecule has 0 aliphatic heterocycles. The van der Waals surface area contributed by atoms with Crippen molar-refractivity contribution in [3.05, 3.63) is 18.2 Å². The minimum Gasteiger partial charge on any atom is -0.372 e. The van der Waals surface area contributed by atoms with Crippen LogP contribution in [0, 0.1) is 0 Å². The fraction of sp³-hybridized carbons (Fsp3) is 0.462. The van der Waals surface area contributed by atoms with Crippen LogP contribution in [0.5, 0.6) is 0 Å². The van der Waals surface area contributed by atoms with Crippen molar-refractivity contribution in [1.29, 1.82) is 0 Å². The van der Waals surface area contributed by atoms with Gasteiger partial charge in [0.25, 0.3) is 11.8 Å². The van der Waals surface area contributed by atoms with E-state index in [0.29, 0.717) is 24.8 Å². The molecular formula is C13H19N3O4. The quantitative estimate of drug-likeness (QED) is 0.743. The van der Waals surface area contributed by atoms with Crippen LogP contribution in [0.1, 0.15) is 13.8 Å². The smallest absolute Gasteiger partial charge is 0.251 e. The number of ether oxygens (including phenoxy) is 2. The minimum absolute atomic E-state index is 0.0287. The topological polar surface area (TPSA) is 89.6 Å². The molecule has 1 heterocycles. The SMILES string of the molecule is CCOCC(=O)Nc1cccc(NC(=O)COCC)n1. The lowest BCUT2D eigenvalue weighted by Crippen LogP contribution is -2.21. The number of aromatic nitrogens is 1. The van der Waals surface area contributed by atoms with Crippen LogP contribution in [0.4, 0.5) is 11.6 Å². The standard InChI is InChI=1S/C13H19N3O4/c1-3-19-8-12(17)15-10-6-5-7-11(14-10)16-13(18)9-20-4-2/h5-7H,3-4,8-9H2,1-2H3,(H2,14,15,16,17,18). The van der Waals surface area contributed by atoms with Crippen LogP contribution in [0.25, 0.3) is 0 Å². The number of anilines is 2. The Morgan fingerprint density at radius 3 is 1.85 bits per heavy atom. The van der Waals surface area contributed by atoms with Gasteiger partial charge >= 0.3 is 0 Å². The van der Waals surface area contributed by atoms with Gasteiger partial charge in [0, 0.05) is 13.2 Å². The number of pyridine rings is 1. The van der Waals surface area contributed by atoms with E-state index >= 15 is 0 Å². The molecule has 0 saturated heterocycles. The third kappa shape index (κ3) is 6.26. The highest BCUT2D eigenvalue weighted by Gasteiger charge is 2.06. The van der Waals surface area contributed by atoms with E-state index in [2.05, 4.69) is 15.6 Å². The summed E-state index contributed by atoms with van der Waals surface area (Å²) in [5.41, 5.74) is 0. The number of carbonyl (C=O) groups excluding carboxylic acids is 2. The maximum Gasteiger partial charge on any atom is 0.251 e. The fourth-order valence-corrected chi connectivity index (χ4v) is 1.32. The molecule has 0 saturated carbocycles. The summed E-state index contributed by atoms with van der Waals surface area (Å²) in [6, 6.07) is 4.93. The van der Waals surface area contributed by atoms with Crippen LogP contribution in [0.2, 0.25) is 0 Å². The van der Waals surface area contributed by atoms with E-state index in [1.165, 1.54) is 0 Å². The van der Waals surface area contributed by atoms with Gasteiger partial charge in [-0.1, -0.05) is 6.07 Å². The van der Waals surface area contributed by atoms with E-state index in [1.807, 2.05) is 0 Å². The van der Waals surface area contributed by atoms with Crippen molar-refractivity contribution in [3.63, 3.8) is 0 Å². The van der Waals surface area contributed by atoms with Gasteiger partial charge in [0.15, 0.2) is 0 Å². The Labute approximate surface area is 117 Å². The molecule has 110 valence electrons. The van der Waals surface area contributed by atoms with Crippen molar-refractivity contribution in [2.24, 2.45) is 0 Å². The van der Waals surface area contributed by atoms with Crippen molar-refractivity contribution in [2.75, 3.05) is 37.1 Å². The van der Waals surface area contributed by atoms with Crippen LogP contribution in [0.15, 0.2) is 18.2 Å². The van der Waals surface area contributed by atoms with Crippen molar-refractivity contribution in [3.8, 4) is 0 Å². The Kier molecular flexibility index (Phi) is 7.23. The molecule has 0 spiro atoms. The van der Waals surface area contributed by atoms with Crippen LogP contribution in [-0.4, -0.2) is 43.2 Å². The van der Waals surface area contributed by atoms with Gasteiger partial charge < -0.3 is 20.1 Å². The summed E-state index contributed by atoms with van der Waals surface area (Å²) in [7, 11) is 0. The zero-order chi connectivity index (χ0) is 14.8. The van der Waals surface area contributed by atoms with Crippen LogP contribution < -0.4 is 10.6 Å². The van der Waals surface area contributed by atoms with Gasteiger partial charge in [0.2, 0.25) is 0 Å². The molecule has 1 aromatic heterocycles. The molecule has 0 unspecified atom stereocenters. The Morgan fingerprint density at radius 2 is 1.45 bits per heavy atom. The zero-order valence-electron chi connectivity index (χ0n) is 11.6. The third-order valence-corrected chi connectivity index (χ3v) is 2.16. The normalized spacial score (nSPS) is 10.1. The highest BCUT2D eigenvalue weighted by molar-refractivity contribution is 5.92. The number of nitrogens with zero attached hydrogens (tertiary/aromatic N) is 1. The lowest BCUT2D eigenvalue weighted by Gasteiger charge is -2.08. The largest absolute Gasteiger partial charge is 0.372 e. The lowest BCUT2D eigenvalue weighted by atomic mass is 10.4.